The van der Waals surface area contributed by atoms with Crippen LogP contribution < -0.4 is 10.2 Å². The SMILES string of the molecule is CNC(=O)c1cccnc1N1CC[C@@H](N2CCN(C)CC2)[C@@H](CCCO)C1. The van der Waals surface area contributed by atoms with E-state index in [2.05, 4.69) is 32.0 Å². The van der Waals surface area contributed by atoms with E-state index in [9.17, 15) is 9.90 Å². The normalized spacial score (nSPS) is 24.8. The number of nitrogens with zero attached hydrogens (tertiary/aromatic N) is 4. The summed E-state index contributed by atoms with van der Waals surface area (Å²) in [5.41, 5.74) is 0.638. The first-order chi connectivity index (χ1) is 13.1. The first kappa shape index (κ1) is 20.0. The molecule has 150 valence electrons. The van der Waals surface area contributed by atoms with Gasteiger partial charge in [0.15, 0.2) is 0 Å². The number of carbonyl (C=O) groups excluding carboxylic acids is 1. The second kappa shape index (κ2) is 9.48. The largest absolute Gasteiger partial charge is 0.396 e. The number of amides is 1. The number of nitrogens with one attached hydrogen (secondary N) is 1. The van der Waals surface area contributed by atoms with Gasteiger partial charge in [0, 0.05) is 65.2 Å². The molecule has 1 amide bonds. The van der Waals surface area contributed by atoms with Gasteiger partial charge < -0.3 is 20.2 Å². The molecule has 0 saturated carbocycles. The van der Waals surface area contributed by atoms with Gasteiger partial charge in [-0.3, -0.25) is 9.69 Å². The molecule has 2 saturated heterocycles. The van der Waals surface area contributed by atoms with Crippen LogP contribution in [0.1, 0.15) is 29.6 Å². The maximum absolute atomic E-state index is 12.2. The van der Waals surface area contributed by atoms with Crippen molar-refractivity contribution in [1.82, 2.24) is 20.1 Å². The zero-order chi connectivity index (χ0) is 19.2. The summed E-state index contributed by atoms with van der Waals surface area (Å²) >= 11 is 0. The van der Waals surface area contributed by atoms with Crippen molar-refractivity contribution in [3.05, 3.63) is 23.9 Å². The van der Waals surface area contributed by atoms with Crippen molar-refractivity contribution < 1.29 is 9.90 Å². The van der Waals surface area contributed by atoms with Crippen molar-refractivity contribution in [2.24, 2.45) is 5.92 Å². The van der Waals surface area contributed by atoms with E-state index >= 15 is 0 Å². The minimum Gasteiger partial charge on any atom is -0.396 e. The van der Waals surface area contributed by atoms with Crippen molar-refractivity contribution >= 4 is 11.7 Å². The predicted octanol–water partition coefficient (Wildman–Crippen LogP) is 0.656. The van der Waals surface area contributed by atoms with Gasteiger partial charge in [-0.25, -0.2) is 4.98 Å². The molecule has 3 heterocycles. The monoisotopic (exact) mass is 375 g/mol. The third-order valence-electron chi connectivity index (χ3n) is 5.99. The fourth-order valence-corrected chi connectivity index (χ4v) is 4.44. The lowest BCUT2D eigenvalue weighted by molar-refractivity contribution is 0.0636. The molecular formula is C20H33N5O2. The molecule has 27 heavy (non-hydrogen) atoms. The molecule has 0 unspecified atom stereocenters. The third-order valence-corrected chi connectivity index (χ3v) is 5.99. The lowest BCUT2D eigenvalue weighted by Crippen LogP contribution is -2.56. The summed E-state index contributed by atoms with van der Waals surface area (Å²) in [6.07, 6.45) is 4.67. The van der Waals surface area contributed by atoms with E-state index in [0.29, 0.717) is 17.5 Å². The molecule has 3 rings (SSSR count). The summed E-state index contributed by atoms with van der Waals surface area (Å²) < 4.78 is 0. The Balaban J connectivity index is 1.75. The molecule has 2 atom stereocenters. The summed E-state index contributed by atoms with van der Waals surface area (Å²) in [7, 11) is 3.84. The van der Waals surface area contributed by atoms with Gasteiger partial charge in [-0.15, -0.1) is 0 Å². The topological polar surface area (TPSA) is 71.9 Å². The number of piperidine rings is 1. The number of aromatic nitrogens is 1. The molecule has 2 N–H and O–H groups in total. The van der Waals surface area contributed by atoms with Crippen LogP contribution in [0.2, 0.25) is 0 Å². The molecule has 1 aromatic rings. The molecular weight excluding hydrogens is 342 g/mol. The summed E-state index contributed by atoms with van der Waals surface area (Å²) in [5, 5.41) is 12.1. The predicted molar refractivity (Wildman–Crippen MR) is 107 cm³/mol. The fraction of sp³-hybridized carbons (Fsp3) is 0.700. The first-order valence-corrected chi connectivity index (χ1v) is 10.1. The van der Waals surface area contributed by atoms with Crippen LogP contribution in [0.15, 0.2) is 18.3 Å². The quantitative estimate of drug-likeness (QED) is 0.761. The van der Waals surface area contributed by atoms with Gasteiger partial charge in [-0.2, -0.15) is 0 Å². The van der Waals surface area contributed by atoms with Gasteiger partial charge in [0.05, 0.1) is 5.56 Å². The van der Waals surface area contributed by atoms with Gasteiger partial charge >= 0.3 is 0 Å². The summed E-state index contributed by atoms with van der Waals surface area (Å²) in [4.78, 5) is 24.1. The number of pyridine rings is 1. The van der Waals surface area contributed by atoms with Gasteiger partial charge in [0.1, 0.15) is 5.82 Å². The zero-order valence-corrected chi connectivity index (χ0v) is 16.6. The number of hydrogen-bond acceptors (Lipinski definition) is 6. The second-order valence-electron chi connectivity index (χ2n) is 7.72. The van der Waals surface area contributed by atoms with E-state index in [0.717, 1.165) is 64.3 Å². The Kier molecular flexibility index (Phi) is 7.04. The average molecular weight is 376 g/mol. The van der Waals surface area contributed by atoms with E-state index in [-0.39, 0.29) is 12.5 Å². The number of anilines is 1. The number of aliphatic hydroxyl groups excluding tert-OH is 1. The van der Waals surface area contributed by atoms with E-state index in [1.54, 1.807) is 13.2 Å². The van der Waals surface area contributed by atoms with Crippen molar-refractivity contribution in [3.63, 3.8) is 0 Å². The molecule has 7 heteroatoms. The Labute approximate surface area is 162 Å². The van der Waals surface area contributed by atoms with Crippen LogP contribution in [0.4, 0.5) is 5.82 Å². The van der Waals surface area contributed by atoms with Crippen LogP contribution in [-0.4, -0.2) is 91.8 Å². The van der Waals surface area contributed by atoms with Crippen LogP contribution in [0, 0.1) is 5.92 Å². The molecule has 7 nitrogen and oxygen atoms in total. The van der Waals surface area contributed by atoms with Gasteiger partial charge in [0.2, 0.25) is 0 Å². The highest BCUT2D eigenvalue weighted by molar-refractivity contribution is 5.98. The highest BCUT2D eigenvalue weighted by atomic mass is 16.3. The minimum absolute atomic E-state index is 0.0915. The van der Waals surface area contributed by atoms with Gasteiger partial charge in [-0.1, -0.05) is 0 Å². The fourth-order valence-electron chi connectivity index (χ4n) is 4.44. The van der Waals surface area contributed by atoms with Crippen molar-refractivity contribution in [3.8, 4) is 0 Å². The third kappa shape index (κ3) is 4.78. The number of hydrogen-bond donors (Lipinski definition) is 2. The number of carbonyl (C=O) groups is 1. The summed E-state index contributed by atoms with van der Waals surface area (Å²) in [6.45, 7) is 6.50. The van der Waals surface area contributed by atoms with E-state index in [1.807, 2.05) is 12.1 Å². The molecule has 0 aliphatic carbocycles. The Morgan fingerprint density at radius 3 is 2.78 bits per heavy atom. The molecule has 2 fully saturated rings. The average Bonchev–Trinajstić information content (AvgIpc) is 2.72. The van der Waals surface area contributed by atoms with Crippen LogP contribution in [-0.2, 0) is 0 Å². The Bertz CT molecular complexity index is 618. The van der Waals surface area contributed by atoms with Crippen LogP contribution in [0.5, 0.6) is 0 Å². The Morgan fingerprint density at radius 1 is 1.30 bits per heavy atom. The smallest absolute Gasteiger partial charge is 0.254 e. The first-order valence-electron chi connectivity index (χ1n) is 10.1. The van der Waals surface area contributed by atoms with Crippen LogP contribution in [0.3, 0.4) is 0 Å². The van der Waals surface area contributed by atoms with Crippen molar-refractivity contribution in [1.29, 1.82) is 0 Å². The molecule has 0 radical (unpaired) electrons. The van der Waals surface area contributed by atoms with Gasteiger partial charge in [0.25, 0.3) is 5.91 Å². The number of aliphatic hydroxyl groups is 1. The molecule has 0 aromatic carbocycles. The second-order valence-corrected chi connectivity index (χ2v) is 7.72. The Morgan fingerprint density at radius 2 is 2.07 bits per heavy atom. The highest BCUT2D eigenvalue weighted by Gasteiger charge is 2.35. The standard InChI is InChI=1S/C20H33N5O2/c1-21-20(27)17-6-3-8-22-19(17)25-9-7-18(16(15-25)5-4-14-26)24-12-10-23(2)11-13-24/h3,6,8,16,18,26H,4-5,7,9-15H2,1-2H3,(H,21,27)/t16-,18+/m0/s1. The van der Waals surface area contributed by atoms with Crippen LogP contribution in [0.25, 0.3) is 0 Å². The van der Waals surface area contributed by atoms with E-state index in [4.69, 9.17) is 0 Å². The molecule has 2 aliphatic rings. The molecule has 0 bridgehead atoms. The Hall–Kier alpha value is -1.70. The van der Waals surface area contributed by atoms with Gasteiger partial charge in [-0.05, 0) is 44.4 Å². The molecule has 2 aliphatic heterocycles. The van der Waals surface area contributed by atoms with E-state index < -0.39 is 0 Å². The zero-order valence-electron chi connectivity index (χ0n) is 16.6. The van der Waals surface area contributed by atoms with Crippen molar-refractivity contribution in [2.75, 3.05) is 64.9 Å². The van der Waals surface area contributed by atoms with Crippen LogP contribution >= 0.6 is 0 Å². The van der Waals surface area contributed by atoms with Crippen molar-refractivity contribution in [2.45, 2.75) is 25.3 Å². The summed E-state index contributed by atoms with van der Waals surface area (Å²) in [5.74, 6) is 1.17. The number of likely N-dealkylation sites (N-methyl/N-ethyl adjacent to an activating group) is 1. The summed E-state index contributed by atoms with van der Waals surface area (Å²) in [6, 6.07) is 4.21. The maximum atomic E-state index is 12.2. The minimum atomic E-state index is -0.0915. The molecule has 0 spiro atoms. The van der Waals surface area contributed by atoms with E-state index in [1.165, 1.54) is 0 Å². The molecule has 1 aromatic heterocycles. The maximum Gasteiger partial charge on any atom is 0.254 e. The number of piperazine rings is 1. The number of rotatable bonds is 6. The lowest BCUT2D eigenvalue weighted by Gasteiger charge is -2.47. The highest BCUT2D eigenvalue weighted by Crippen LogP contribution is 2.30. The lowest BCUT2D eigenvalue weighted by atomic mass is 9.86.